The lowest BCUT2D eigenvalue weighted by molar-refractivity contribution is -0.130. The summed E-state index contributed by atoms with van der Waals surface area (Å²) >= 11 is 12.0. The van der Waals surface area contributed by atoms with E-state index in [0.29, 0.717) is 28.9 Å². The van der Waals surface area contributed by atoms with Gasteiger partial charge in [0, 0.05) is 30.1 Å². The number of nitrogens with one attached hydrogen (secondary N) is 1. The minimum absolute atomic E-state index is 0.173. The van der Waals surface area contributed by atoms with Gasteiger partial charge in [0.2, 0.25) is 5.91 Å². The summed E-state index contributed by atoms with van der Waals surface area (Å²) in [6.45, 7) is 2.68. The van der Waals surface area contributed by atoms with Gasteiger partial charge in [-0.05, 0) is 56.0 Å². The average Bonchev–Trinajstić information content (AvgIpc) is 2.48. The van der Waals surface area contributed by atoms with Crippen molar-refractivity contribution in [2.75, 3.05) is 20.1 Å². The lowest BCUT2D eigenvalue weighted by Gasteiger charge is -2.24. The lowest BCUT2D eigenvalue weighted by atomic mass is 9.94. The van der Waals surface area contributed by atoms with Crippen LogP contribution in [0.3, 0.4) is 0 Å². The molecule has 0 bridgehead atoms. The Morgan fingerprint density at radius 3 is 2.90 bits per heavy atom. The predicted molar refractivity (Wildman–Crippen MR) is 87.8 cm³/mol. The number of nitrogens with zero attached hydrogens (tertiary/aromatic N) is 1. The molecule has 1 saturated heterocycles. The molecule has 1 heterocycles. The first-order chi connectivity index (χ1) is 10.1. The molecule has 0 aliphatic carbocycles. The largest absolute Gasteiger partial charge is 0.341 e. The predicted octanol–water partition coefficient (Wildman–Crippen LogP) is 3.73. The molecule has 1 aromatic rings. The molecule has 1 unspecified atom stereocenters. The minimum Gasteiger partial charge on any atom is -0.341 e. The van der Waals surface area contributed by atoms with E-state index in [1.165, 1.54) is 12.8 Å². The summed E-state index contributed by atoms with van der Waals surface area (Å²) in [6.07, 6.45) is 4.01. The maximum Gasteiger partial charge on any atom is 0.222 e. The topological polar surface area (TPSA) is 32.3 Å². The van der Waals surface area contributed by atoms with Gasteiger partial charge in [-0.2, -0.15) is 0 Å². The third-order valence-electron chi connectivity index (χ3n) is 4.01. The molecule has 1 aromatic carbocycles. The van der Waals surface area contributed by atoms with Crippen molar-refractivity contribution in [3.05, 3.63) is 33.8 Å². The molecule has 3 nitrogen and oxygen atoms in total. The minimum atomic E-state index is 0.173. The zero-order valence-corrected chi connectivity index (χ0v) is 13.9. The zero-order valence-electron chi connectivity index (χ0n) is 12.4. The van der Waals surface area contributed by atoms with Gasteiger partial charge >= 0.3 is 0 Å². The van der Waals surface area contributed by atoms with E-state index in [2.05, 4.69) is 5.32 Å². The zero-order chi connectivity index (χ0) is 15.2. The van der Waals surface area contributed by atoms with Crippen LogP contribution in [0.5, 0.6) is 0 Å². The highest BCUT2D eigenvalue weighted by atomic mass is 35.5. The lowest BCUT2D eigenvalue weighted by Crippen LogP contribution is -2.31. The van der Waals surface area contributed by atoms with Crippen molar-refractivity contribution >= 4 is 29.1 Å². The molecule has 1 amide bonds. The van der Waals surface area contributed by atoms with E-state index in [4.69, 9.17) is 23.2 Å². The Balaban J connectivity index is 1.81. The van der Waals surface area contributed by atoms with E-state index in [-0.39, 0.29) is 5.91 Å². The Hall–Kier alpha value is -0.770. The number of carbonyl (C=O) groups excluding carboxylic acids is 1. The maximum absolute atomic E-state index is 12.2. The number of carbonyl (C=O) groups is 1. The SMILES string of the molecule is CN(Cc1ccc(Cl)cc1Cl)C(=O)CCC1CCCNC1. The standard InChI is InChI=1S/C16H22Cl2N2O/c1-20(11-13-5-6-14(17)9-15(13)18)16(21)7-4-12-3-2-8-19-10-12/h5-6,9,12,19H,2-4,7-8,10-11H2,1H3. The Morgan fingerprint density at radius 1 is 1.43 bits per heavy atom. The van der Waals surface area contributed by atoms with E-state index in [9.17, 15) is 4.79 Å². The number of hydrogen-bond donors (Lipinski definition) is 1. The molecule has 116 valence electrons. The summed E-state index contributed by atoms with van der Waals surface area (Å²) in [5, 5.41) is 4.61. The van der Waals surface area contributed by atoms with Crippen LogP contribution in [0, 0.1) is 5.92 Å². The fraction of sp³-hybridized carbons (Fsp3) is 0.562. The molecule has 1 fully saturated rings. The van der Waals surface area contributed by atoms with Crippen molar-refractivity contribution in [1.82, 2.24) is 10.2 Å². The van der Waals surface area contributed by atoms with Crippen molar-refractivity contribution < 1.29 is 4.79 Å². The van der Waals surface area contributed by atoms with Crippen LogP contribution in [-0.2, 0) is 11.3 Å². The number of hydrogen-bond acceptors (Lipinski definition) is 2. The first-order valence-electron chi connectivity index (χ1n) is 7.45. The third kappa shape index (κ3) is 5.17. The number of halogens is 2. The summed E-state index contributed by atoms with van der Waals surface area (Å²) in [6, 6.07) is 5.39. The van der Waals surface area contributed by atoms with Crippen LogP contribution in [0.1, 0.15) is 31.2 Å². The Morgan fingerprint density at radius 2 is 2.24 bits per heavy atom. The molecule has 21 heavy (non-hydrogen) atoms. The van der Waals surface area contributed by atoms with Crippen LogP contribution in [0.4, 0.5) is 0 Å². The van der Waals surface area contributed by atoms with Crippen LogP contribution < -0.4 is 5.32 Å². The van der Waals surface area contributed by atoms with Crippen LogP contribution in [-0.4, -0.2) is 30.9 Å². The second-order valence-electron chi connectivity index (χ2n) is 5.74. The molecule has 0 saturated carbocycles. The van der Waals surface area contributed by atoms with Crippen LogP contribution in [0.25, 0.3) is 0 Å². The fourth-order valence-corrected chi connectivity index (χ4v) is 3.15. The highest BCUT2D eigenvalue weighted by Gasteiger charge is 2.17. The van der Waals surface area contributed by atoms with Gasteiger partial charge < -0.3 is 10.2 Å². The summed E-state index contributed by atoms with van der Waals surface area (Å²) in [4.78, 5) is 13.9. The molecule has 0 aromatic heterocycles. The molecule has 5 heteroatoms. The van der Waals surface area contributed by atoms with Gasteiger partial charge in [0.15, 0.2) is 0 Å². The van der Waals surface area contributed by atoms with E-state index in [1.54, 1.807) is 17.0 Å². The van der Waals surface area contributed by atoms with Gasteiger partial charge in [-0.3, -0.25) is 4.79 Å². The summed E-state index contributed by atoms with van der Waals surface area (Å²) in [7, 11) is 1.83. The maximum atomic E-state index is 12.2. The molecular formula is C16H22Cl2N2O. The molecule has 0 spiro atoms. The van der Waals surface area contributed by atoms with Crippen molar-refractivity contribution in [2.24, 2.45) is 5.92 Å². The van der Waals surface area contributed by atoms with E-state index in [1.807, 2.05) is 13.1 Å². The van der Waals surface area contributed by atoms with Crippen LogP contribution >= 0.6 is 23.2 Å². The molecule has 1 N–H and O–H groups in total. The van der Waals surface area contributed by atoms with Gasteiger partial charge in [0.1, 0.15) is 0 Å². The van der Waals surface area contributed by atoms with Gasteiger partial charge in [-0.1, -0.05) is 29.3 Å². The third-order valence-corrected chi connectivity index (χ3v) is 4.60. The van der Waals surface area contributed by atoms with Crippen molar-refractivity contribution in [3.8, 4) is 0 Å². The Kier molecular flexibility index (Phi) is 6.34. The van der Waals surface area contributed by atoms with Crippen molar-refractivity contribution in [2.45, 2.75) is 32.2 Å². The Bertz CT molecular complexity index is 487. The van der Waals surface area contributed by atoms with Crippen molar-refractivity contribution in [3.63, 3.8) is 0 Å². The van der Waals surface area contributed by atoms with Crippen LogP contribution in [0.2, 0.25) is 10.0 Å². The number of piperidine rings is 1. The molecule has 1 atom stereocenters. The average molecular weight is 329 g/mol. The molecular weight excluding hydrogens is 307 g/mol. The fourth-order valence-electron chi connectivity index (χ4n) is 2.68. The smallest absolute Gasteiger partial charge is 0.222 e. The van der Waals surface area contributed by atoms with Crippen LogP contribution in [0.15, 0.2) is 18.2 Å². The van der Waals surface area contributed by atoms with Gasteiger partial charge in [0.25, 0.3) is 0 Å². The summed E-state index contributed by atoms with van der Waals surface area (Å²) in [5.74, 6) is 0.807. The van der Waals surface area contributed by atoms with Gasteiger partial charge in [0.05, 0.1) is 0 Å². The quantitative estimate of drug-likeness (QED) is 0.893. The highest BCUT2D eigenvalue weighted by molar-refractivity contribution is 6.35. The second kappa shape index (κ2) is 8.02. The van der Waals surface area contributed by atoms with E-state index in [0.717, 1.165) is 25.1 Å². The first kappa shape index (κ1) is 16.6. The molecule has 2 rings (SSSR count). The number of benzene rings is 1. The summed E-state index contributed by atoms with van der Waals surface area (Å²) in [5.41, 5.74) is 0.927. The van der Waals surface area contributed by atoms with Crippen molar-refractivity contribution in [1.29, 1.82) is 0 Å². The summed E-state index contributed by atoms with van der Waals surface area (Å²) < 4.78 is 0. The van der Waals surface area contributed by atoms with E-state index >= 15 is 0 Å². The first-order valence-corrected chi connectivity index (χ1v) is 8.20. The highest BCUT2D eigenvalue weighted by Crippen LogP contribution is 2.22. The monoisotopic (exact) mass is 328 g/mol. The van der Waals surface area contributed by atoms with Gasteiger partial charge in [-0.15, -0.1) is 0 Å². The van der Waals surface area contributed by atoms with E-state index < -0.39 is 0 Å². The molecule has 0 radical (unpaired) electrons. The molecule has 1 aliphatic heterocycles. The number of amides is 1. The normalized spacial score (nSPS) is 18.5. The van der Waals surface area contributed by atoms with Gasteiger partial charge in [-0.25, -0.2) is 0 Å². The molecule has 1 aliphatic rings. The Labute approximate surface area is 136 Å². The second-order valence-corrected chi connectivity index (χ2v) is 6.58. The number of rotatable bonds is 5.